The number of likely N-dealkylation sites (N-methyl/N-ethyl adjacent to an activating group) is 1. The van der Waals surface area contributed by atoms with Gasteiger partial charge in [0.05, 0.1) is 18.9 Å². The second-order valence-electron chi connectivity index (χ2n) is 5.14. The van der Waals surface area contributed by atoms with Gasteiger partial charge in [-0.05, 0) is 38.3 Å². The summed E-state index contributed by atoms with van der Waals surface area (Å²) in [6.45, 7) is 7.77. The molecule has 0 saturated carbocycles. The summed E-state index contributed by atoms with van der Waals surface area (Å²) in [5, 5.41) is 0. The fourth-order valence-electron chi connectivity index (χ4n) is 3.05. The zero-order valence-corrected chi connectivity index (χ0v) is 11.7. The number of aryl methyl sites for hydroxylation is 2. The lowest BCUT2D eigenvalue weighted by Crippen LogP contribution is -2.47. The maximum Gasteiger partial charge on any atom is 0.292 e. The van der Waals surface area contributed by atoms with E-state index in [2.05, 4.69) is 0 Å². The minimum atomic E-state index is -1.19. The molecule has 1 fully saturated rings. The van der Waals surface area contributed by atoms with E-state index >= 15 is 0 Å². The lowest BCUT2D eigenvalue weighted by molar-refractivity contribution is -0.257. The maximum atomic E-state index is 12.8. The average Bonchev–Trinajstić information content (AvgIpc) is 2.66. The fourth-order valence-corrected chi connectivity index (χ4v) is 3.05. The Balaban J connectivity index is 2.25. The molecule has 0 aliphatic carbocycles. The van der Waals surface area contributed by atoms with Gasteiger partial charge < -0.3 is 14.4 Å². The Morgan fingerprint density at radius 1 is 1.21 bits per heavy atom. The predicted octanol–water partition coefficient (Wildman–Crippen LogP) is 2.26. The Labute approximate surface area is 113 Å². The minimum absolute atomic E-state index is 0.0814. The summed E-state index contributed by atoms with van der Waals surface area (Å²) < 4.78 is 11.6. The SMILES string of the molecule is CCN1C(=O)C2(OCCCO2)c2c(C)ccc(C)c21. The molecule has 0 bridgehead atoms. The smallest absolute Gasteiger partial charge is 0.292 e. The van der Waals surface area contributed by atoms with E-state index in [-0.39, 0.29) is 5.91 Å². The molecule has 1 amide bonds. The highest BCUT2D eigenvalue weighted by Gasteiger charge is 2.55. The van der Waals surface area contributed by atoms with Crippen molar-refractivity contribution in [3.05, 3.63) is 28.8 Å². The topological polar surface area (TPSA) is 38.8 Å². The van der Waals surface area contributed by atoms with Crippen LogP contribution in [0, 0.1) is 13.8 Å². The molecule has 1 spiro atoms. The summed E-state index contributed by atoms with van der Waals surface area (Å²) in [6.07, 6.45) is 0.835. The van der Waals surface area contributed by atoms with Gasteiger partial charge in [0.1, 0.15) is 0 Å². The fraction of sp³-hybridized carbons (Fsp3) is 0.533. The van der Waals surface area contributed by atoms with Gasteiger partial charge >= 0.3 is 0 Å². The van der Waals surface area contributed by atoms with Crippen LogP contribution in [0.15, 0.2) is 12.1 Å². The van der Waals surface area contributed by atoms with Gasteiger partial charge in [0, 0.05) is 12.1 Å². The highest BCUT2D eigenvalue weighted by molar-refractivity contribution is 6.07. The summed E-state index contributed by atoms with van der Waals surface area (Å²) in [5.41, 5.74) is 4.01. The van der Waals surface area contributed by atoms with Crippen molar-refractivity contribution < 1.29 is 14.3 Å². The number of nitrogens with zero attached hydrogens (tertiary/aromatic N) is 1. The van der Waals surface area contributed by atoms with E-state index in [9.17, 15) is 4.79 Å². The lowest BCUT2D eigenvalue weighted by Gasteiger charge is -2.33. The number of rotatable bonds is 1. The van der Waals surface area contributed by atoms with Crippen molar-refractivity contribution >= 4 is 11.6 Å². The summed E-state index contributed by atoms with van der Waals surface area (Å²) in [6, 6.07) is 4.08. The predicted molar refractivity (Wildman–Crippen MR) is 72.1 cm³/mol. The summed E-state index contributed by atoms with van der Waals surface area (Å²) in [7, 11) is 0. The van der Waals surface area contributed by atoms with E-state index in [1.165, 1.54) is 0 Å². The number of ether oxygens (including phenoxy) is 2. The van der Waals surface area contributed by atoms with Crippen LogP contribution in [0.4, 0.5) is 5.69 Å². The van der Waals surface area contributed by atoms with Crippen LogP contribution in [0.3, 0.4) is 0 Å². The van der Waals surface area contributed by atoms with Gasteiger partial charge in [0.15, 0.2) is 0 Å². The first-order valence-corrected chi connectivity index (χ1v) is 6.82. The number of amides is 1. The second-order valence-corrected chi connectivity index (χ2v) is 5.14. The van der Waals surface area contributed by atoms with Gasteiger partial charge in [-0.25, -0.2) is 0 Å². The van der Waals surface area contributed by atoms with Gasteiger partial charge in [-0.3, -0.25) is 4.79 Å². The third kappa shape index (κ3) is 1.56. The molecule has 0 N–H and O–H groups in total. The molecular weight excluding hydrogens is 242 g/mol. The van der Waals surface area contributed by atoms with Gasteiger partial charge in [0.2, 0.25) is 0 Å². The Morgan fingerprint density at radius 2 is 1.84 bits per heavy atom. The van der Waals surface area contributed by atoms with Gasteiger partial charge in [-0.15, -0.1) is 0 Å². The van der Waals surface area contributed by atoms with E-state index in [0.717, 1.165) is 28.8 Å². The van der Waals surface area contributed by atoms with Crippen LogP contribution in [-0.4, -0.2) is 25.7 Å². The first-order chi connectivity index (χ1) is 9.12. The molecule has 0 radical (unpaired) electrons. The summed E-state index contributed by atoms with van der Waals surface area (Å²) >= 11 is 0. The third-order valence-corrected chi connectivity index (χ3v) is 3.93. The molecule has 4 nitrogen and oxygen atoms in total. The van der Waals surface area contributed by atoms with Crippen molar-refractivity contribution in [3.63, 3.8) is 0 Å². The van der Waals surface area contributed by atoms with E-state index < -0.39 is 5.79 Å². The van der Waals surface area contributed by atoms with Crippen LogP contribution < -0.4 is 4.90 Å². The summed E-state index contributed by atoms with van der Waals surface area (Å²) in [4.78, 5) is 14.5. The van der Waals surface area contributed by atoms with Crippen molar-refractivity contribution in [2.75, 3.05) is 24.7 Å². The zero-order chi connectivity index (χ0) is 13.6. The molecule has 19 heavy (non-hydrogen) atoms. The van der Waals surface area contributed by atoms with Crippen LogP contribution in [0.1, 0.15) is 30.0 Å². The number of hydrogen-bond acceptors (Lipinski definition) is 3. The molecule has 1 aromatic rings. The Hall–Kier alpha value is -1.39. The largest absolute Gasteiger partial charge is 0.338 e. The van der Waals surface area contributed by atoms with E-state index in [1.54, 1.807) is 4.90 Å². The quantitative estimate of drug-likeness (QED) is 0.778. The van der Waals surface area contributed by atoms with Crippen LogP contribution in [-0.2, 0) is 20.1 Å². The standard InChI is InChI=1S/C15H19NO3/c1-4-16-13-11(3)7-6-10(2)12(13)15(14(16)17)18-8-5-9-19-15/h6-7H,4-5,8-9H2,1-3H3. The van der Waals surface area contributed by atoms with Crippen molar-refractivity contribution in [1.82, 2.24) is 0 Å². The van der Waals surface area contributed by atoms with E-state index in [0.29, 0.717) is 19.8 Å². The number of anilines is 1. The molecule has 1 aromatic carbocycles. The van der Waals surface area contributed by atoms with E-state index in [4.69, 9.17) is 9.47 Å². The average molecular weight is 261 g/mol. The number of carbonyl (C=O) groups is 1. The first kappa shape index (κ1) is 12.6. The molecule has 2 aliphatic rings. The number of benzene rings is 1. The van der Waals surface area contributed by atoms with Crippen molar-refractivity contribution in [2.24, 2.45) is 0 Å². The molecule has 0 atom stereocenters. The molecular formula is C15H19NO3. The molecule has 0 unspecified atom stereocenters. The maximum absolute atomic E-state index is 12.8. The normalized spacial score (nSPS) is 21.0. The first-order valence-electron chi connectivity index (χ1n) is 6.82. The van der Waals surface area contributed by atoms with Crippen molar-refractivity contribution in [3.8, 4) is 0 Å². The Morgan fingerprint density at radius 3 is 2.47 bits per heavy atom. The van der Waals surface area contributed by atoms with Gasteiger partial charge in [-0.1, -0.05) is 12.1 Å². The minimum Gasteiger partial charge on any atom is -0.338 e. The zero-order valence-electron chi connectivity index (χ0n) is 11.7. The van der Waals surface area contributed by atoms with Crippen LogP contribution in [0.25, 0.3) is 0 Å². The van der Waals surface area contributed by atoms with Gasteiger partial charge in [-0.2, -0.15) is 0 Å². The Bertz CT molecular complexity index is 532. The summed E-state index contributed by atoms with van der Waals surface area (Å²) in [5.74, 6) is -1.28. The highest BCUT2D eigenvalue weighted by Crippen LogP contribution is 2.48. The van der Waals surface area contributed by atoms with Crippen LogP contribution in [0.5, 0.6) is 0 Å². The van der Waals surface area contributed by atoms with Gasteiger partial charge in [0.25, 0.3) is 11.7 Å². The third-order valence-electron chi connectivity index (χ3n) is 3.93. The molecule has 3 rings (SSSR count). The van der Waals surface area contributed by atoms with E-state index in [1.807, 2.05) is 32.9 Å². The van der Waals surface area contributed by atoms with Crippen LogP contribution in [0.2, 0.25) is 0 Å². The second kappa shape index (κ2) is 4.32. The van der Waals surface area contributed by atoms with Crippen molar-refractivity contribution in [2.45, 2.75) is 33.0 Å². The molecule has 1 saturated heterocycles. The number of hydrogen-bond donors (Lipinski definition) is 0. The Kier molecular flexibility index (Phi) is 2.87. The molecule has 4 heteroatoms. The molecule has 102 valence electrons. The highest BCUT2D eigenvalue weighted by atomic mass is 16.7. The number of carbonyl (C=O) groups excluding carboxylic acids is 1. The lowest BCUT2D eigenvalue weighted by atomic mass is 9.97. The molecule has 2 heterocycles. The molecule has 0 aromatic heterocycles. The number of fused-ring (bicyclic) bond motifs is 2. The monoisotopic (exact) mass is 261 g/mol. The van der Waals surface area contributed by atoms with Crippen LogP contribution >= 0.6 is 0 Å². The molecule has 2 aliphatic heterocycles. The van der Waals surface area contributed by atoms with Crippen molar-refractivity contribution in [1.29, 1.82) is 0 Å².